The first-order valence-electron chi connectivity index (χ1n) is 8.80. The number of hydrogen-bond donors (Lipinski definition) is 0. The monoisotopic (exact) mass is 456 g/mol. The molecule has 0 unspecified atom stereocenters. The molecule has 0 aliphatic rings. The number of aromatic nitrogens is 4. The molecule has 2 aromatic carbocycles. The lowest BCUT2D eigenvalue weighted by molar-refractivity contribution is 0.0982. The van der Waals surface area contributed by atoms with E-state index in [-0.39, 0.29) is 11.3 Å². The Hall–Kier alpha value is -2.45. The molecule has 0 spiro atoms. The average Bonchev–Trinajstić information content (AvgIpc) is 3.14. The van der Waals surface area contributed by atoms with E-state index in [9.17, 15) is 9.59 Å². The Morgan fingerprint density at radius 2 is 1.86 bits per heavy atom. The zero-order valence-corrected chi connectivity index (χ0v) is 17.5. The molecule has 4 rings (SSSR count). The molecule has 28 heavy (non-hydrogen) atoms. The topological polar surface area (TPSA) is 69.3 Å². The second-order valence-electron chi connectivity index (χ2n) is 6.38. The Morgan fingerprint density at radius 3 is 2.64 bits per heavy atom. The number of benzene rings is 2. The standard InChI is InChI=1S/C20H17BrN4O2S/c1-24-18(27)15-5-2-3-6-16(15)25-19(24)22-23-20(25)28-12-4-7-17(26)13-8-10-14(21)11-9-13/h2-3,5-6,8-11H,4,7,12H2,1H3. The predicted octanol–water partition coefficient (Wildman–Crippen LogP) is 4.10. The van der Waals surface area contributed by atoms with E-state index in [1.807, 2.05) is 52.9 Å². The van der Waals surface area contributed by atoms with Gasteiger partial charge >= 0.3 is 0 Å². The molecular formula is C20H17BrN4O2S. The molecule has 0 aliphatic carbocycles. The van der Waals surface area contributed by atoms with Crippen LogP contribution >= 0.6 is 27.7 Å². The quantitative estimate of drug-likeness (QED) is 0.248. The van der Waals surface area contributed by atoms with Gasteiger partial charge in [-0.05, 0) is 30.7 Å². The summed E-state index contributed by atoms with van der Waals surface area (Å²) < 4.78 is 4.37. The highest BCUT2D eigenvalue weighted by Gasteiger charge is 2.15. The third-order valence-electron chi connectivity index (χ3n) is 4.54. The van der Waals surface area contributed by atoms with Crippen LogP contribution in [0.25, 0.3) is 16.7 Å². The number of fused-ring (bicyclic) bond motifs is 3. The molecule has 4 aromatic rings. The van der Waals surface area contributed by atoms with E-state index in [0.29, 0.717) is 17.6 Å². The number of aryl methyl sites for hydroxylation is 1. The van der Waals surface area contributed by atoms with Crippen molar-refractivity contribution in [3.63, 3.8) is 0 Å². The van der Waals surface area contributed by atoms with Crippen LogP contribution in [-0.4, -0.2) is 30.7 Å². The van der Waals surface area contributed by atoms with Gasteiger partial charge in [0.25, 0.3) is 5.56 Å². The van der Waals surface area contributed by atoms with E-state index in [1.54, 1.807) is 7.05 Å². The molecule has 142 valence electrons. The fourth-order valence-electron chi connectivity index (χ4n) is 3.08. The minimum absolute atomic E-state index is 0.0906. The van der Waals surface area contributed by atoms with Crippen molar-refractivity contribution in [3.8, 4) is 0 Å². The highest BCUT2D eigenvalue weighted by Crippen LogP contribution is 2.22. The number of carbonyl (C=O) groups is 1. The summed E-state index contributed by atoms with van der Waals surface area (Å²) in [4.78, 5) is 24.8. The zero-order chi connectivity index (χ0) is 19.7. The third kappa shape index (κ3) is 3.49. The molecule has 0 fully saturated rings. The molecule has 0 aliphatic heterocycles. The largest absolute Gasteiger partial charge is 0.294 e. The van der Waals surface area contributed by atoms with Gasteiger partial charge in [0.2, 0.25) is 5.78 Å². The normalized spacial score (nSPS) is 11.4. The van der Waals surface area contributed by atoms with Crippen LogP contribution in [0.3, 0.4) is 0 Å². The average molecular weight is 457 g/mol. The molecule has 0 saturated heterocycles. The van der Waals surface area contributed by atoms with Gasteiger partial charge in [-0.1, -0.05) is 52.0 Å². The summed E-state index contributed by atoms with van der Waals surface area (Å²) in [5, 5.41) is 9.79. The van der Waals surface area contributed by atoms with Gasteiger partial charge in [-0.3, -0.25) is 18.6 Å². The minimum Gasteiger partial charge on any atom is -0.294 e. The number of thioether (sulfide) groups is 1. The van der Waals surface area contributed by atoms with Crippen molar-refractivity contribution in [2.45, 2.75) is 18.0 Å². The van der Waals surface area contributed by atoms with Gasteiger partial charge < -0.3 is 0 Å². The SMILES string of the molecule is Cn1c(=O)c2ccccc2n2c(SCCCC(=O)c3ccc(Br)cc3)nnc12. The zero-order valence-electron chi connectivity index (χ0n) is 15.1. The second kappa shape index (κ2) is 7.89. The Morgan fingerprint density at radius 1 is 1.11 bits per heavy atom. The van der Waals surface area contributed by atoms with Crippen LogP contribution in [0.4, 0.5) is 0 Å². The van der Waals surface area contributed by atoms with E-state index >= 15 is 0 Å². The number of nitrogens with zero attached hydrogens (tertiary/aromatic N) is 4. The number of hydrogen-bond acceptors (Lipinski definition) is 5. The molecule has 0 N–H and O–H groups in total. The molecule has 6 nitrogen and oxygen atoms in total. The van der Waals surface area contributed by atoms with E-state index in [2.05, 4.69) is 26.1 Å². The van der Waals surface area contributed by atoms with Crippen molar-refractivity contribution in [3.05, 3.63) is 68.9 Å². The number of ketones is 1. The Balaban J connectivity index is 1.51. The third-order valence-corrected chi connectivity index (χ3v) is 6.09. The number of Topliss-reactive ketones (excluding diaryl/α,β-unsaturated/α-hetero) is 1. The van der Waals surface area contributed by atoms with Crippen molar-refractivity contribution >= 4 is 50.2 Å². The Bertz CT molecular complexity index is 1230. The highest BCUT2D eigenvalue weighted by atomic mass is 79.9. The van der Waals surface area contributed by atoms with Crippen LogP contribution in [0, 0.1) is 0 Å². The molecule has 0 amide bonds. The van der Waals surface area contributed by atoms with E-state index in [0.717, 1.165) is 32.9 Å². The summed E-state index contributed by atoms with van der Waals surface area (Å²) in [6.45, 7) is 0. The van der Waals surface area contributed by atoms with Gasteiger partial charge in [0.15, 0.2) is 10.9 Å². The summed E-state index contributed by atoms with van der Waals surface area (Å²) in [5.41, 5.74) is 1.42. The van der Waals surface area contributed by atoms with Crippen LogP contribution in [-0.2, 0) is 7.05 Å². The van der Waals surface area contributed by atoms with Crippen molar-refractivity contribution in [2.75, 3.05) is 5.75 Å². The lowest BCUT2D eigenvalue weighted by Gasteiger charge is -2.07. The van der Waals surface area contributed by atoms with E-state index in [1.165, 1.54) is 16.3 Å². The first-order valence-corrected chi connectivity index (χ1v) is 10.6. The molecule has 2 heterocycles. The van der Waals surface area contributed by atoms with E-state index < -0.39 is 0 Å². The van der Waals surface area contributed by atoms with Crippen molar-refractivity contribution in [2.24, 2.45) is 7.05 Å². The van der Waals surface area contributed by atoms with Crippen LogP contribution in [0.15, 0.2) is 63.0 Å². The van der Waals surface area contributed by atoms with Gasteiger partial charge in [0, 0.05) is 29.3 Å². The Kier molecular flexibility index (Phi) is 5.32. The lowest BCUT2D eigenvalue weighted by atomic mass is 10.1. The van der Waals surface area contributed by atoms with Gasteiger partial charge in [0.05, 0.1) is 10.9 Å². The van der Waals surface area contributed by atoms with Gasteiger partial charge in [-0.25, -0.2) is 0 Å². The minimum atomic E-state index is -0.0906. The lowest BCUT2D eigenvalue weighted by Crippen LogP contribution is -2.20. The van der Waals surface area contributed by atoms with Gasteiger partial charge in [-0.15, -0.1) is 10.2 Å². The predicted molar refractivity (Wildman–Crippen MR) is 114 cm³/mol. The summed E-state index contributed by atoms with van der Waals surface area (Å²) in [5.74, 6) is 1.38. The van der Waals surface area contributed by atoms with Gasteiger partial charge in [0.1, 0.15) is 0 Å². The molecular weight excluding hydrogens is 440 g/mol. The number of rotatable bonds is 6. The van der Waals surface area contributed by atoms with Crippen molar-refractivity contribution < 1.29 is 4.79 Å². The second-order valence-corrected chi connectivity index (χ2v) is 8.36. The smallest absolute Gasteiger partial charge is 0.262 e. The summed E-state index contributed by atoms with van der Waals surface area (Å²) in [6.07, 6.45) is 1.21. The first kappa shape index (κ1) is 18.9. The Labute approximate surface area is 173 Å². The fourth-order valence-corrected chi connectivity index (χ4v) is 4.22. The van der Waals surface area contributed by atoms with Crippen LogP contribution in [0.1, 0.15) is 23.2 Å². The van der Waals surface area contributed by atoms with Crippen molar-refractivity contribution in [1.29, 1.82) is 0 Å². The number of carbonyl (C=O) groups excluding carboxylic acids is 1. The summed E-state index contributed by atoms with van der Waals surface area (Å²) >= 11 is 4.92. The maximum atomic E-state index is 12.5. The molecule has 2 aromatic heterocycles. The van der Waals surface area contributed by atoms with E-state index in [4.69, 9.17) is 0 Å². The maximum Gasteiger partial charge on any atom is 0.262 e. The van der Waals surface area contributed by atoms with Crippen LogP contribution < -0.4 is 5.56 Å². The maximum absolute atomic E-state index is 12.5. The number of para-hydroxylation sites is 1. The molecule has 0 bridgehead atoms. The molecule has 8 heteroatoms. The van der Waals surface area contributed by atoms with Crippen molar-refractivity contribution in [1.82, 2.24) is 19.2 Å². The summed E-state index contributed by atoms with van der Waals surface area (Å²) in [6, 6.07) is 14.9. The van der Waals surface area contributed by atoms with Gasteiger partial charge in [-0.2, -0.15) is 0 Å². The summed E-state index contributed by atoms with van der Waals surface area (Å²) in [7, 11) is 1.70. The van der Waals surface area contributed by atoms with Crippen LogP contribution in [0.5, 0.6) is 0 Å². The van der Waals surface area contributed by atoms with Crippen LogP contribution in [0.2, 0.25) is 0 Å². The first-order chi connectivity index (χ1) is 13.6. The molecule has 0 atom stereocenters. The molecule has 0 saturated carbocycles. The highest BCUT2D eigenvalue weighted by molar-refractivity contribution is 9.10. The number of halogens is 1. The molecule has 0 radical (unpaired) electrons. The fraction of sp³-hybridized carbons (Fsp3) is 0.200.